The van der Waals surface area contributed by atoms with Crippen molar-refractivity contribution >= 4 is 15.7 Å². The highest BCUT2D eigenvalue weighted by molar-refractivity contribution is 7.89. The van der Waals surface area contributed by atoms with Crippen LogP contribution in [0.5, 0.6) is 0 Å². The molecule has 7 heteroatoms. The summed E-state index contributed by atoms with van der Waals surface area (Å²) in [5, 5.41) is 2.92. The van der Waals surface area contributed by atoms with Gasteiger partial charge in [0.15, 0.2) is 0 Å². The van der Waals surface area contributed by atoms with Gasteiger partial charge in [-0.3, -0.25) is 4.98 Å². The molecule has 1 fully saturated rings. The van der Waals surface area contributed by atoms with E-state index in [0.29, 0.717) is 18.8 Å². The lowest BCUT2D eigenvalue weighted by molar-refractivity contribution is 0.190. The van der Waals surface area contributed by atoms with E-state index in [2.05, 4.69) is 15.2 Å². The van der Waals surface area contributed by atoms with Crippen LogP contribution in [-0.4, -0.2) is 62.9 Å². The Hall–Kier alpha value is -1.18. The summed E-state index contributed by atoms with van der Waals surface area (Å²) in [6.07, 6.45) is 4.92. The van der Waals surface area contributed by atoms with Gasteiger partial charge in [-0.1, -0.05) is 0 Å². The molecular formula is C13H22N4O2S. The SMILES string of the molecule is CNc1ccncc1S(=O)(=O)N1CCCC(N(C)C)C1. The van der Waals surface area contributed by atoms with E-state index in [9.17, 15) is 8.42 Å². The summed E-state index contributed by atoms with van der Waals surface area (Å²) in [5.74, 6) is 0. The number of aromatic nitrogens is 1. The normalized spacial score (nSPS) is 21.1. The van der Waals surface area contributed by atoms with Crippen LogP contribution in [0.1, 0.15) is 12.8 Å². The molecule has 6 nitrogen and oxygen atoms in total. The van der Waals surface area contributed by atoms with Crippen molar-refractivity contribution in [1.82, 2.24) is 14.2 Å². The van der Waals surface area contributed by atoms with Gasteiger partial charge < -0.3 is 10.2 Å². The first-order valence-electron chi connectivity index (χ1n) is 6.75. The quantitative estimate of drug-likeness (QED) is 0.892. The maximum atomic E-state index is 12.8. The predicted molar refractivity (Wildman–Crippen MR) is 79.3 cm³/mol. The van der Waals surface area contributed by atoms with Crippen LogP contribution in [-0.2, 0) is 10.0 Å². The van der Waals surface area contributed by atoms with Crippen molar-refractivity contribution in [3.63, 3.8) is 0 Å². The molecule has 1 atom stereocenters. The molecule has 2 rings (SSSR count). The van der Waals surface area contributed by atoms with Gasteiger partial charge in [-0.2, -0.15) is 4.31 Å². The fraction of sp³-hybridized carbons (Fsp3) is 0.615. The van der Waals surface area contributed by atoms with E-state index in [0.717, 1.165) is 12.8 Å². The zero-order valence-electron chi connectivity index (χ0n) is 12.2. The molecular weight excluding hydrogens is 276 g/mol. The Kier molecular flexibility index (Phi) is 4.62. The van der Waals surface area contributed by atoms with Crippen molar-refractivity contribution in [3.05, 3.63) is 18.5 Å². The molecule has 1 saturated heterocycles. The van der Waals surface area contributed by atoms with E-state index in [1.165, 1.54) is 6.20 Å². The zero-order valence-corrected chi connectivity index (χ0v) is 13.0. The second-order valence-electron chi connectivity index (χ2n) is 5.24. The molecule has 20 heavy (non-hydrogen) atoms. The van der Waals surface area contributed by atoms with Crippen molar-refractivity contribution in [1.29, 1.82) is 0 Å². The van der Waals surface area contributed by atoms with E-state index in [-0.39, 0.29) is 10.9 Å². The molecule has 0 amide bonds. The van der Waals surface area contributed by atoms with E-state index in [4.69, 9.17) is 0 Å². The number of anilines is 1. The van der Waals surface area contributed by atoms with Crippen LogP contribution in [0.15, 0.2) is 23.4 Å². The molecule has 0 bridgehead atoms. The lowest BCUT2D eigenvalue weighted by atomic mass is 10.1. The van der Waals surface area contributed by atoms with Gasteiger partial charge in [0, 0.05) is 38.6 Å². The monoisotopic (exact) mass is 298 g/mol. The molecule has 112 valence electrons. The van der Waals surface area contributed by atoms with Gasteiger partial charge >= 0.3 is 0 Å². The van der Waals surface area contributed by atoms with E-state index >= 15 is 0 Å². The molecule has 1 unspecified atom stereocenters. The maximum absolute atomic E-state index is 12.8. The summed E-state index contributed by atoms with van der Waals surface area (Å²) < 4.78 is 27.1. The smallest absolute Gasteiger partial charge is 0.246 e. The number of sulfonamides is 1. The first-order chi connectivity index (χ1) is 9.46. The van der Waals surface area contributed by atoms with Gasteiger partial charge in [-0.05, 0) is 33.0 Å². The predicted octanol–water partition coefficient (Wildman–Crippen LogP) is 0.838. The number of rotatable bonds is 4. The molecule has 1 aromatic heterocycles. The van der Waals surface area contributed by atoms with Gasteiger partial charge in [-0.25, -0.2) is 8.42 Å². The van der Waals surface area contributed by atoms with Crippen LogP contribution >= 0.6 is 0 Å². The van der Waals surface area contributed by atoms with Crippen LogP contribution in [0, 0.1) is 0 Å². The largest absolute Gasteiger partial charge is 0.387 e. The molecule has 0 radical (unpaired) electrons. The highest BCUT2D eigenvalue weighted by Gasteiger charge is 2.32. The molecule has 0 aliphatic carbocycles. The number of likely N-dealkylation sites (N-methyl/N-ethyl adjacent to an activating group) is 1. The molecule has 0 spiro atoms. The summed E-state index contributed by atoms with van der Waals surface area (Å²) >= 11 is 0. The lowest BCUT2D eigenvalue weighted by Crippen LogP contribution is -2.47. The van der Waals surface area contributed by atoms with Gasteiger partial charge in [0.05, 0.1) is 5.69 Å². The fourth-order valence-electron chi connectivity index (χ4n) is 2.49. The minimum Gasteiger partial charge on any atom is -0.387 e. The Bertz CT molecular complexity index is 559. The highest BCUT2D eigenvalue weighted by Crippen LogP contribution is 2.26. The van der Waals surface area contributed by atoms with Crippen LogP contribution in [0.4, 0.5) is 5.69 Å². The first-order valence-corrected chi connectivity index (χ1v) is 8.19. The third-order valence-electron chi connectivity index (χ3n) is 3.76. The van der Waals surface area contributed by atoms with Crippen molar-refractivity contribution in [3.8, 4) is 0 Å². The van der Waals surface area contributed by atoms with E-state index < -0.39 is 10.0 Å². The Morgan fingerprint density at radius 2 is 2.20 bits per heavy atom. The van der Waals surface area contributed by atoms with Gasteiger partial charge in [0.25, 0.3) is 0 Å². The Labute approximate surface area is 120 Å². The molecule has 1 aliphatic heterocycles. The van der Waals surface area contributed by atoms with Crippen LogP contribution in [0.3, 0.4) is 0 Å². The van der Waals surface area contributed by atoms with Crippen molar-refractivity contribution in [2.75, 3.05) is 39.5 Å². The molecule has 1 aliphatic rings. The Morgan fingerprint density at radius 1 is 1.45 bits per heavy atom. The van der Waals surface area contributed by atoms with Crippen LogP contribution in [0.25, 0.3) is 0 Å². The number of nitrogens with one attached hydrogen (secondary N) is 1. The molecule has 0 aromatic carbocycles. The average Bonchev–Trinajstić information content (AvgIpc) is 2.47. The van der Waals surface area contributed by atoms with Crippen LogP contribution in [0.2, 0.25) is 0 Å². The fourth-order valence-corrected chi connectivity index (χ4v) is 4.15. The Morgan fingerprint density at radius 3 is 2.85 bits per heavy atom. The highest BCUT2D eigenvalue weighted by atomic mass is 32.2. The average molecular weight is 298 g/mol. The van der Waals surface area contributed by atoms with Gasteiger partial charge in [0.1, 0.15) is 4.90 Å². The number of pyridine rings is 1. The number of hydrogen-bond donors (Lipinski definition) is 1. The first kappa shape index (κ1) is 15.2. The number of nitrogens with zero attached hydrogens (tertiary/aromatic N) is 3. The third-order valence-corrected chi connectivity index (χ3v) is 5.65. The van der Waals surface area contributed by atoms with Crippen molar-refractivity contribution in [2.45, 2.75) is 23.8 Å². The van der Waals surface area contributed by atoms with Crippen molar-refractivity contribution < 1.29 is 8.42 Å². The summed E-state index contributed by atoms with van der Waals surface area (Å²) in [6.45, 7) is 1.11. The summed E-state index contributed by atoms with van der Waals surface area (Å²) in [7, 11) is 2.21. The van der Waals surface area contributed by atoms with Crippen molar-refractivity contribution in [2.24, 2.45) is 0 Å². The second-order valence-corrected chi connectivity index (χ2v) is 7.15. The summed E-state index contributed by atoms with van der Waals surface area (Å²) in [4.78, 5) is 6.29. The van der Waals surface area contributed by atoms with E-state index in [1.54, 1.807) is 23.6 Å². The molecule has 1 N–H and O–H groups in total. The number of piperidine rings is 1. The maximum Gasteiger partial charge on any atom is 0.246 e. The van der Waals surface area contributed by atoms with E-state index in [1.807, 2.05) is 14.1 Å². The lowest BCUT2D eigenvalue weighted by Gasteiger charge is -2.35. The zero-order chi connectivity index (χ0) is 14.8. The Balaban J connectivity index is 2.30. The summed E-state index contributed by atoms with van der Waals surface area (Å²) in [5.41, 5.74) is 0.590. The molecule has 0 saturated carbocycles. The minimum atomic E-state index is -3.49. The summed E-state index contributed by atoms with van der Waals surface area (Å²) in [6, 6.07) is 1.95. The van der Waals surface area contributed by atoms with Gasteiger partial charge in [-0.15, -0.1) is 0 Å². The third kappa shape index (κ3) is 2.94. The topological polar surface area (TPSA) is 65.5 Å². The molecule has 1 aromatic rings. The standard InChI is InChI=1S/C13H22N4O2S/c1-14-12-6-7-15-9-13(12)20(18,19)17-8-4-5-11(10-17)16(2)3/h6-7,9,11H,4-5,8,10H2,1-3H3,(H,14,15). The molecule has 2 heterocycles. The minimum absolute atomic E-state index is 0.252. The van der Waals surface area contributed by atoms with Crippen LogP contribution < -0.4 is 5.32 Å². The second kappa shape index (κ2) is 6.07. The van der Waals surface area contributed by atoms with Gasteiger partial charge in [0.2, 0.25) is 10.0 Å². The number of hydrogen-bond acceptors (Lipinski definition) is 5.